The molecule has 0 saturated heterocycles. The van der Waals surface area contributed by atoms with Crippen LogP contribution in [-0.2, 0) is 10.0 Å². The standard InChI is InChI=1S/C11H16N2O6S/c1-11(2,7-14)12-20(17,18)8-4-5-9(13(15)16)10(6-8)19-3/h4-6,12,14H,7H2,1-3H3. The van der Waals surface area contributed by atoms with Crippen molar-refractivity contribution in [3.8, 4) is 5.75 Å². The van der Waals surface area contributed by atoms with Crippen LogP contribution in [0.3, 0.4) is 0 Å². The first-order chi connectivity index (χ1) is 9.13. The molecule has 0 bridgehead atoms. The smallest absolute Gasteiger partial charge is 0.310 e. The molecule has 0 heterocycles. The van der Waals surface area contributed by atoms with E-state index >= 15 is 0 Å². The van der Waals surface area contributed by atoms with Crippen molar-refractivity contribution in [1.29, 1.82) is 0 Å². The molecule has 0 fully saturated rings. The van der Waals surface area contributed by atoms with Crippen LogP contribution in [0.1, 0.15) is 13.8 Å². The number of nitro groups is 1. The Bertz CT molecular complexity index is 611. The fraction of sp³-hybridized carbons (Fsp3) is 0.455. The van der Waals surface area contributed by atoms with Crippen molar-refractivity contribution < 1.29 is 23.2 Å². The highest BCUT2D eigenvalue weighted by atomic mass is 32.2. The Balaban J connectivity index is 3.24. The Labute approximate surface area is 116 Å². The summed E-state index contributed by atoms with van der Waals surface area (Å²) in [6.45, 7) is 2.62. The number of nitrogens with zero attached hydrogens (tertiary/aromatic N) is 1. The van der Waals surface area contributed by atoms with E-state index < -0.39 is 27.1 Å². The Kier molecular flexibility index (Phi) is 4.69. The summed E-state index contributed by atoms with van der Waals surface area (Å²) < 4.78 is 31.3. The zero-order valence-electron chi connectivity index (χ0n) is 11.3. The lowest BCUT2D eigenvalue weighted by atomic mass is 10.1. The quantitative estimate of drug-likeness (QED) is 0.588. The number of benzene rings is 1. The fourth-order valence-electron chi connectivity index (χ4n) is 1.43. The number of ether oxygens (including phenoxy) is 1. The SMILES string of the molecule is COc1cc(S(=O)(=O)NC(C)(C)CO)ccc1[N+](=O)[O-]. The predicted octanol–water partition coefficient (Wildman–Crippen LogP) is 0.653. The second kappa shape index (κ2) is 5.73. The molecule has 2 N–H and O–H groups in total. The van der Waals surface area contributed by atoms with Crippen LogP contribution in [-0.4, -0.2) is 37.7 Å². The van der Waals surface area contributed by atoms with Crippen LogP contribution >= 0.6 is 0 Å². The van der Waals surface area contributed by atoms with Gasteiger partial charge in [0.2, 0.25) is 10.0 Å². The number of rotatable bonds is 6. The molecule has 0 aliphatic heterocycles. The van der Waals surface area contributed by atoms with E-state index in [0.717, 1.165) is 18.2 Å². The number of methoxy groups -OCH3 is 1. The normalized spacial score (nSPS) is 12.2. The average Bonchev–Trinajstić information content (AvgIpc) is 2.36. The van der Waals surface area contributed by atoms with Crippen molar-refractivity contribution in [2.45, 2.75) is 24.3 Å². The van der Waals surface area contributed by atoms with Crippen LogP contribution in [0.15, 0.2) is 23.1 Å². The first-order valence-corrected chi connectivity index (χ1v) is 7.08. The van der Waals surface area contributed by atoms with Crippen molar-refractivity contribution in [1.82, 2.24) is 4.72 Å². The van der Waals surface area contributed by atoms with Crippen LogP contribution in [0.2, 0.25) is 0 Å². The molecule has 8 nitrogen and oxygen atoms in total. The van der Waals surface area contributed by atoms with Gasteiger partial charge in [-0.25, -0.2) is 13.1 Å². The first-order valence-electron chi connectivity index (χ1n) is 5.60. The minimum atomic E-state index is -3.92. The third-order valence-electron chi connectivity index (χ3n) is 2.46. The summed E-state index contributed by atoms with van der Waals surface area (Å²) in [5, 5.41) is 19.8. The van der Waals surface area contributed by atoms with Crippen LogP contribution in [0.5, 0.6) is 5.75 Å². The molecular formula is C11H16N2O6S. The maximum Gasteiger partial charge on any atom is 0.310 e. The lowest BCUT2D eigenvalue weighted by Crippen LogP contribution is -2.46. The van der Waals surface area contributed by atoms with Gasteiger partial charge in [-0.2, -0.15) is 0 Å². The molecule has 112 valence electrons. The molecule has 0 saturated carbocycles. The minimum Gasteiger partial charge on any atom is -0.490 e. The van der Waals surface area contributed by atoms with E-state index in [9.17, 15) is 18.5 Å². The molecule has 1 rings (SSSR count). The molecule has 20 heavy (non-hydrogen) atoms. The van der Waals surface area contributed by atoms with Gasteiger partial charge in [0.15, 0.2) is 5.75 Å². The molecule has 0 atom stereocenters. The lowest BCUT2D eigenvalue weighted by Gasteiger charge is -2.23. The molecule has 1 aromatic rings. The predicted molar refractivity (Wildman–Crippen MR) is 71.1 cm³/mol. The summed E-state index contributed by atoms with van der Waals surface area (Å²) in [6.07, 6.45) is 0. The fourth-order valence-corrected chi connectivity index (χ4v) is 2.85. The Morgan fingerprint density at radius 2 is 2.05 bits per heavy atom. The third kappa shape index (κ3) is 3.65. The first kappa shape index (κ1) is 16.3. The summed E-state index contributed by atoms with van der Waals surface area (Å²) in [5.41, 5.74) is -1.37. The maximum absolute atomic E-state index is 12.1. The van der Waals surface area contributed by atoms with Crippen LogP contribution < -0.4 is 9.46 Å². The number of hydrogen-bond acceptors (Lipinski definition) is 6. The Hall–Kier alpha value is -1.71. The van der Waals surface area contributed by atoms with Gasteiger partial charge >= 0.3 is 5.69 Å². The second-order valence-electron chi connectivity index (χ2n) is 4.74. The van der Waals surface area contributed by atoms with E-state index in [1.54, 1.807) is 0 Å². The lowest BCUT2D eigenvalue weighted by molar-refractivity contribution is -0.385. The number of nitrogens with one attached hydrogen (secondary N) is 1. The molecule has 0 aliphatic rings. The molecule has 0 aromatic heterocycles. The van der Waals surface area contributed by atoms with Gasteiger partial charge in [0.1, 0.15) is 0 Å². The summed E-state index contributed by atoms with van der Waals surface area (Å²) >= 11 is 0. The van der Waals surface area contributed by atoms with Gasteiger partial charge in [-0.3, -0.25) is 10.1 Å². The third-order valence-corrected chi connectivity index (χ3v) is 4.16. The molecule has 9 heteroatoms. The van der Waals surface area contributed by atoms with Gasteiger partial charge in [-0.1, -0.05) is 0 Å². The summed E-state index contributed by atoms with van der Waals surface area (Å²) in [6, 6.07) is 3.23. The molecule has 0 amide bonds. The average molecular weight is 304 g/mol. The number of aliphatic hydroxyl groups excluding tert-OH is 1. The topological polar surface area (TPSA) is 119 Å². The van der Waals surface area contributed by atoms with E-state index in [1.807, 2.05) is 0 Å². The molecule has 0 unspecified atom stereocenters. The largest absolute Gasteiger partial charge is 0.490 e. The molecule has 0 radical (unpaired) electrons. The van der Waals surface area contributed by atoms with Gasteiger partial charge in [-0.05, 0) is 19.9 Å². The van der Waals surface area contributed by atoms with Crippen molar-refractivity contribution in [2.75, 3.05) is 13.7 Å². The zero-order chi connectivity index (χ0) is 15.6. The Morgan fingerprint density at radius 3 is 2.50 bits per heavy atom. The summed E-state index contributed by atoms with van der Waals surface area (Å²) in [7, 11) is -2.71. The highest BCUT2D eigenvalue weighted by Gasteiger charge is 2.27. The second-order valence-corrected chi connectivity index (χ2v) is 6.42. The van der Waals surface area contributed by atoms with Crippen molar-refractivity contribution in [2.24, 2.45) is 0 Å². The van der Waals surface area contributed by atoms with Crippen LogP contribution in [0, 0.1) is 10.1 Å². The van der Waals surface area contributed by atoms with E-state index in [2.05, 4.69) is 4.72 Å². The van der Waals surface area contributed by atoms with Gasteiger partial charge in [0.25, 0.3) is 0 Å². The Morgan fingerprint density at radius 1 is 1.45 bits per heavy atom. The highest BCUT2D eigenvalue weighted by Crippen LogP contribution is 2.29. The van der Waals surface area contributed by atoms with Crippen molar-refractivity contribution in [3.05, 3.63) is 28.3 Å². The number of sulfonamides is 1. The number of nitro benzene ring substituents is 1. The number of aliphatic hydroxyl groups is 1. The zero-order valence-corrected chi connectivity index (χ0v) is 12.1. The molecule has 0 spiro atoms. The van der Waals surface area contributed by atoms with Crippen molar-refractivity contribution in [3.63, 3.8) is 0 Å². The van der Waals surface area contributed by atoms with E-state index in [-0.39, 0.29) is 16.3 Å². The molecular weight excluding hydrogens is 288 g/mol. The van der Waals surface area contributed by atoms with Gasteiger partial charge in [0, 0.05) is 12.1 Å². The maximum atomic E-state index is 12.1. The summed E-state index contributed by atoms with van der Waals surface area (Å²) in [5.74, 6) is -0.153. The van der Waals surface area contributed by atoms with Crippen molar-refractivity contribution >= 4 is 15.7 Å². The van der Waals surface area contributed by atoms with Gasteiger partial charge < -0.3 is 9.84 Å². The van der Waals surface area contributed by atoms with E-state index in [1.165, 1.54) is 21.0 Å². The molecule has 0 aliphatic carbocycles. The minimum absolute atomic E-state index is 0.153. The highest BCUT2D eigenvalue weighted by molar-refractivity contribution is 7.89. The number of hydrogen-bond donors (Lipinski definition) is 2. The van der Waals surface area contributed by atoms with Gasteiger partial charge in [-0.15, -0.1) is 0 Å². The monoisotopic (exact) mass is 304 g/mol. The summed E-state index contributed by atoms with van der Waals surface area (Å²) in [4.78, 5) is 9.90. The van der Waals surface area contributed by atoms with E-state index in [4.69, 9.17) is 9.84 Å². The van der Waals surface area contributed by atoms with Crippen LogP contribution in [0.4, 0.5) is 5.69 Å². The van der Waals surface area contributed by atoms with E-state index in [0.29, 0.717) is 0 Å². The van der Waals surface area contributed by atoms with Gasteiger partial charge in [0.05, 0.1) is 29.1 Å². The molecule has 1 aromatic carbocycles. The van der Waals surface area contributed by atoms with Crippen LogP contribution in [0.25, 0.3) is 0 Å².